The Hall–Kier alpha value is -4.48. The van der Waals surface area contributed by atoms with Crippen molar-refractivity contribution in [2.45, 2.75) is 25.4 Å². The topological polar surface area (TPSA) is 94.6 Å². The van der Waals surface area contributed by atoms with Crippen molar-refractivity contribution in [2.24, 2.45) is 0 Å². The molecule has 0 aliphatic carbocycles. The molecule has 2 aromatic carbocycles. The van der Waals surface area contributed by atoms with Crippen LogP contribution in [0.4, 0.5) is 34.6 Å². The Morgan fingerprint density at radius 2 is 1.58 bits per heavy atom. The van der Waals surface area contributed by atoms with Gasteiger partial charge in [0.15, 0.2) is 0 Å². The Kier molecular flexibility index (Phi) is 7.07. The van der Waals surface area contributed by atoms with E-state index in [0.29, 0.717) is 6.07 Å². The van der Waals surface area contributed by atoms with E-state index in [1.807, 2.05) is 0 Å². The second kappa shape index (κ2) is 10.1. The fourth-order valence-electron chi connectivity index (χ4n) is 4.01. The van der Waals surface area contributed by atoms with Gasteiger partial charge in [0.1, 0.15) is 40.5 Å². The lowest BCUT2D eigenvalue weighted by molar-refractivity contribution is -0.130. The zero-order chi connectivity index (χ0) is 27.8. The molecule has 3 amide bonds. The van der Waals surface area contributed by atoms with Crippen LogP contribution in [0.3, 0.4) is 0 Å². The number of carbonyl (C=O) groups is 3. The van der Waals surface area contributed by atoms with E-state index in [4.69, 9.17) is 0 Å². The van der Waals surface area contributed by atoms with Crippen LogP contribution in [0.25, 0.3) is 0 Å². The molecule has 0 radical (unpaired) electrons. The SMILES string of the molecule is CN1C(=O)[C@H](NC(=O)C(C)(C)NC(=O)c2ccc(F)cn2)CN(c2cc(F)cc(F)c2)c2ccc(F)cc21. The van der Waals surface area contributed by atoms with Gasteiger partial charge in [0.25, 0.3) is 11.8 Å². The summed E-state index contributed by atoms with van der Waals surface area (Å²) in [4.78, 5) is 45.3. The maximum absolute atomic E-state index is 14.1. The molecular formula is C26H23F4N5O3. The molecule has 1 aromatic heterocycles. The minimum atomic E-state index is -1.56. The van der Waals surface area contributed by atoms with Crippen LogP contribution in [0.15, 0.2) is 54.7 Å². The van der Waals surface area contributed by atoms with Crippen LogP contribution in [0.1, 0.15) is 24.3 Å². The Balaban J connectivity index is 1.64. The molecule has 2 N–H and O–H groups in total. The van der Waals surface area contributed by atoms with Crippen molar-refractivity contribution in [3.05, 3.63) is 83.7 Å². The number of amides is 3. The number of carbonyl (C=O) groups excluding carboxylic acids is 3. The highest BCUT2D eigenvalue weighted by atomic mass is 19.1. The number of hydrogen-bond acceptors (Lipinski definition) is 5. The summed E-state index contributed by atoms with van der Waals surface area (Å²) < 4.78 is 55.4. The molecule has 3 aromatic rings. The van der Waals surface area contributed by atoms with Gasteiger partial charge in [-0.15, -0.1) is 0 Å². The number of fused-ring (bicyclic) bond motifs is 1. The molecule has 2 heterocycles. The Morgan fingerprint density at radius 1 is 0.921 bits per heavy atom. The van der Waals surface area contributed by atoms with Gasteiger partial charge in [-0.2, -0.15) is 0 Å². The molecular weight excluding hydrogens is 506 g/mol. The van der Waals surface area contributed by atoms with Gasteiger partial charge < -0.3 is 20.4 Å². The molecule has 38 heavy (non-hydrogen) atoms. The van der Waals surface area contributed by atoms with Crippen molar-refractivity contribution in [3.63, 3.8) is 0 Å². The zero-order valence-electron chi connectivity index (χ0n) is 20.6. The van der Waals surface area contributed by atoms with Gasteiger partial charge in [-0.1, -0.05) is 0 Å². The lowest BCUT2D eigenvalue weighted by atomic mass is 10.0. The van der Waals surface area contributed by atoms with Crippen molar-refractivity contribution >= 4 is 34.8 Å². The largest absolute Gasteiger partial charge is 0.341 e. The Labute approximate surface area is 215 Å². The number of halogens is 4. The summed E-state index contributed by atoms with van der Waals surface area (Å²) >= 11 is 0. The molecule has 4 rings (SSSR count). The molecule has 1 aliphatic heterocycles. The van der Waals surface area contributed by atoms with Crippen LogP contribution in [0.5, 0.6) is 0 Å². The van der Waals surface area contributed by atoms with Gasteiger partial charge in [-0.25, -0.2) is 22.5 Å². The van der Waals surface area contributed by atoms with E-state index in [2.05, 4.69) is 15.6 Å². The summed E-state index contributed by atoms with van der Waals surface area (Å²) in [6.45, 7) is 2.51. The van der Waals surface area contributed by atoms with Gasteiger partial charge in [0.05, 0.1) is 24.1 Å². The highest BCUT2D eigenvalue weighted by molar-refractivity contribution is 6.05. The third-order valence-corrected chi connectivity index (χ3v) is 6.00. The lowest BCUT2D eigenvalue weighted by Crippen LogP contribution is -2.60. The molecule has 198 valence electrons. The number of anilines is 3. The highest BCUT2D eigenvalue weighted by Gasteiger charge is 2.38. The average molecular weight is 529 g/mol. The van der Waals surface area contributed by atoms with E-state index in [-0.39, 0.29) is 29.3 Å². The predicted octanol–water partition coefficient (Wildman–Crippen LogP) is 3.45. The molecule has 0 fully saturated rings. The molecule has 0 saturated carbocycles. The summed E-state index contributed by atoms with van der Waals surface area (Å²) in [5.41, 5.74) is -1.26. The molecule has 12 heteroatoms. The molecule has 0 bridgehead atoms. The summed E-state index contributed by atoms with van der Waals surface area (Å²) in [7, 11) is 1.38. The molecule has 1 atom stereocenters. The lowest BCUT2D eigenvalue weighted by Gasteiger charge is -2.30. The smallest absolute Gasteiger partial charge is 0.270 e. The molecule has 0 saturated heterocycles. The first-order chi connectivity index (χ1) is 17.9. The van der Waals surface area contributed by atoms with Gasteiger partial charge in [-0.05, 0) is 56.3 Å². The number of pyridine rings is 1. The fraction of sp³-hybridized carbons (Fsp3) is 0.231. The normalized spacial score (nSPS) is 15.6. The Bertz CT molecular complexity index is 1390. The summed E-state index contributed by atoms with van der Waals surface area (Å²) in [6, 6.07) is 7.30. The van der Waals surface area contributed by atoms with E-state index in [0.717, 1.165) is 47.5 Å². The summed E-state index contributed by atoms with van der Waals surface area (Å²) in [6.07, 6.45) is 0.854. The van der Waals surface area contributed by atoms with Gasteiger partial charge >= 0.3 is 0 Å². The Morgan fingerprint density at radius 3 is 2.21 bits per heavy atom. The van der Waals surface area contributed by atoms with Gasteiger partial charge in [-0.3, -0.25) is 14.4 Å². The average Bonchev–Trinajstić information content (AvgIpc) is 2.94. The molecule has 1 aliphatic rings. The standard InChI is InChI=1S/C26H23F4N5O3/c1-26(2,33-23(36)19-6-4-15(28)12-31-19)25(38)32-20-13-35(18-9-16(29)8-17(30)10-18)21-7-5-14(27)11-22(21)34(3)24(20)37/h4-12,20H,13H2,1-3H3,(H,32,38)(H,33,36)/t20-/m1/s1. The summed E-state index contributed by atoms with van der Waals surface area (Å²) in [5.74, 6) is -5.17. The van der Waals surface area contributed by atoms with Crippen molar-refractivity contribution in [3.8, 4) is 0 Å². The number of likely N-dealkylation sites (N-methyl/N-ethyl adjacent to an activating group) is 1. The van der Waals surface area contributed by atoms with Crippen molar-refractivity contribution < 1.29 is 31.9 Å². The highest BCUT2D eigenvalue weighted by Crippen LogP contribution is 2.38. The van der Waals surface area contributed by atoms with E-state index in [1.54, 1.807) is 0 Å². The zero-order valence-corrected chi connectivity index (χ0v) is 20.6. The first-order valence-electron chi connectivity index (χ1n) is 11.4. The van der Waals surface area contributed by atoms with Crippen molar-refractivity contribution in [2.75, 3.05) is 23.4 Å². The summed E-state index contributed by atoms with van der Waals surface area (Å²) in [5, 5.41) is 5.06. The fourth-order valence-corrected chi connectivity index (χ4v) is 4.01. The number of aromatic nitrogens is 1. The minimum absolute atomic E-state index is 0.0349. The monoisotopic (exact) mass is 529 g/mol. The van der Waals surface area contributed by atoms with Crippen molar-refractivity contribution in [1.82, 2.24) is 15.6 Å². The molecule has 0 unspecified atom stereocenters. The van der Waals surface area contributed by atoms with E-state index in [1.165, 1.54) is 31.9 Å². The maximum Gasteiger partial charge on any atom is 0.270 e. The quantitative estimate of drug-likeness (QED) is 0.494. The van der Waals surface area contributed by atoms with E-state index in [9.17, 15) is 31.9 Å². The first kappa shape index (κ1) is 26.6. The number of hydrogen-bond donors (Lipinski definition) is 2. The number of nitrogens with one attached hydrogen (secondary N) is 2. The van der Waals surface area contributed by atoms with Crippen LogP contribution in [0.2, 0.25) is 0 Å². The second-order valence-corrected chi connectivity index (χ2v) is 9.24. The predicted molar refractivity (Wildman–Crippen MR) is 131 cm³/mol. The minimum Gasteiger partial charge on any atom is -0.341 e. The van der Waals surface area contributed by atoms with Crippen LogP contribution in [-0.2, 0) is 9.59 Å². The third kappa shape index (κ3) is 5.43. The molecule has 8 nitrogen and oxygen atoms in total. The van der Waals surface area contributed by atoms with Crippen LogP contribution in [-0.4, -0.2) is 47.9 Å². The van der Waals surface area contributed by atoms with Crippen LogP contribution >= 0.6 is 0 Å². The second-order valence-electron chi connectivity index (χ2n) is 9.24. The van der Waals surface area contributed by atoms with E-state index >= 15 is 0 Å². The van der Waals surface area contributed by atoms with E-state index < -0.39 is 52.6 Å². The third-order valence-electron chi connectivity index (χ3n) is 6.00. The number of benzene rings is 2. The first-order valence-corrected chi connectivity index (χ1v) is 11.4. The number of nitrogens with zero attached hydrogens (tertiary/aromatic N) is 3. The van der Waals surface area contributed by atoms with Crippen molar-refractivity contribution in [1.29, 1.82) is 0 Å². The van der Waals surface area contributed by atoms with Gasteiger partial charge in [0.2, 0.25) is 5.91 Å². The maximum atomic E-state index is 14.1. The van der Waals surface area contributed by atoms with Crippen LogP contribution < -0.4 is 20.4 Å². The molecule has 0 spiro atoms. The van der Waals surface area contributed by atoms with Gasteiger partial charge in [0, 0.05) is 18.8 Å². The van der Waals surface area contributed by atoms with Crippen LogP contribution in [0, 0.1) is 23.3 Å². The number of rotatable bonds is 5.